The number of nitrogens with one attached hydrogen (secondary N) is 2. The summed E-state index contributed by atoms with van der Waals surface area (Å²) < 4.78 is 4.84. The number of methoxy groups -OCH3 is 1. The summed E-state index contributed by atoms with van der Waals surface area (Å²) in [6.07, 6.45) is -0.0849. The SMILES string of the molecule is COCC(O)CCNC(=O)NC(C)c1ccc(C(C)(C)C)cc1. The van der Waals surface area contributed by atoms with Gasteiger partial charge in [0.05, 0.1) is 18.8 Å². The van der Waals surface area contributed by atoms with Crippen LogP contribution in [0.5, 0.6) is 0 Å². The molecule has 0 fully saturated rings. The van der Waals surface area contributed by atoms with Gasteiger partial charge < -0.3 is 20.5 Å². The number of rotatable bonds is 7. The topological polar surface area (TPSA) is 70.6 Å². The molecule has 1 aromatic carbocycles. The van der Waals surface area contributed by atoms with Gasteiger partial charge in [0.25, 0.3) is 0 Å². The molecule has 3 N–H and O–H groups in total. The summed E-state index contributed by atoms with van der Waals surface area (Å²) in [4.78, 5) is 11.9. The molecule has 0 radical (unpaired) electrons. The molecule has 0 spiro atoms. The molecule has 0 bridgehead atoms. The van der Waals surface area contributed by atoms with Gasteiger partial charge in [-0.1, -0.05) is 45.0 Å². The molecular weight excluding hydrogens is 292 g/mol. The van der Waals surface area contributed by atoms with E-state index in [1.165, 1.54) is 12.7 Å². The van der Waals surface area contributed by atoms with Gasteiger partial charge >= 0.3 is 6.03 Å². The number of aliphatic hydroxyl groups is 1. The van der Waals surface area contributed by atoms with Gasteiger partial charge in [0.1, 0.15) is 0 Å². The summed E-state index contributed by atoms with van der Waals surface area (Å²) in [7, 11) is 1.54. The Balaban J connectivity index is 2.43. The lowest BCUT2D eigenvalue weighted by Crippen LogP contribution is -2.38. The Bertz CT molecular complexity index is 480. The van der Waals surface area contributed by atoms with E-state index in [0.717, 1.165) is 5.56 Å². The maximum Gasteiger partial charge on any atom is 0.315 e. The smallest absolute Gasteiger partial charge is 0.315 e. The molecule has 0 aliphatic carbocycles. The number of ether oxygens (including phenoxy) is 1. The first-order valence-electron chi connectivity index (χ1n) is 8.06. The van der Waals surface area contributed by atoms with Crippen molar-refractivity contribution >= 4 is 6.03 Å². The van der Waals surface area contributed by atoms with E-state index in [4.69, 9.17) is 4.74 Å². The highest BCUT2D eigenvalue weighted by Crippen LogP contribution is 2.23. The lowest BCUT2D eigenvalue weighted by molar-refractivity contribution is 0.0598. The summed E-state index contributed by atoms with van der Waals surface area (Å²) >= 11 is 0. The van der Waals surface area contributed by atoms with Gasteiger partial charge in [0.2, 0.25) is 0 Å². The fourth-order valence-corrected chi connectivity index (χ4v) is 2.23. The number of benzene rings is 1. The predicted octanol–water partition coefficient (Wildman–Crippen LogP) is 2.74. The first kappa shape index (κ1) is 19.5. The van der Waals surface area contributed by atoms with Gasteiger partial charge in [-0.05, 0) is 29.9 Å². The van der Waals surface area contributed by atoms with E-state index in [9.17, 15) is 9.90 Å². The monoisotopic (exact) mass is 322 g/mol. The van der Waals surface area contributed by atoms with Gasteiger partial charge in [-0.2, -0.15) is 0 Å². The molecule has 2 atom stereocenters. The molecule has 0 aliphatic rings. The molecule has 2 amide bonds. The highest BCUT2D eigenvalue weighted by Gasteiger charge is 2.15. The molecule has 1 rings (SSSR count). The number of urea groups is 1. The van der Waals surface area contributed by atoms with Crippen molar-refractivity contribution in [2.24, 2.45) is 0 Å². The number of amides is 2. The second-order valence-corrected chi connectivity index (χ2v) is 6.89. The van der Waals surface area contributed by atoms with Crippen molar-refractivity contribution in [3.05, 3.63) is 35.4 Å². The summed E-state index contributed by atoms with van der Waals surface area (Å²) in [6, 6.07) is 8.00. The molecule has 0 aromatic heterocycles. The van der Waals surface area contributed by atoms with Crippen molar-refractivity contribution in [3.63, 3.8) is 0 Å². The molecule has 130 valence electrons. The number of carbonyl (C=O) groups is 1. The van der Waals surface area contributed by atoms with Gasteiger partial charge in [0.15, 0.2) is 0 Å². The lowest BCUT2D eigenvalue weighted by Gasteiger charge is -2.21. The van der Waals surface area contributed by atoms with Crippen molar-refractivity contribution in [2.75, 3.05) is 20.3 Å². The largest absolute Gasteiger partial charge is 0.391 e. The number of aliphatic hydroxyl groups excluding tert-OH is 1. The zero-order valence-corrected chi connectivity index (χ0v) is 14.8. The molecule has 23 heavy (non-hydrogen) atoms. The van der Waals surface area contributed by atoms with Crippen LogP contribution in [-0.4, -0.2) is 37.5 Å². The van der Waals surface area contributed by atoms with Gasteiger partial charge in [-0.3, -0.25) is 0 Å². The zero-order chi connectivity index (χ0) is 17.5. The van der Waals surface area contributed by atoms with E-state index in [1.54, 1.807) is 0 Å². The van der Waals surface area contributed by atoms with Crippen molar-refractivity contribution in [1.29, 1.82) is 0 Å². The van der Waals surface area contributed by atoms with Crippen LogP contribution in [-0.2, 0) is 10.2 Å². The minimum Gasteiger partial charge on any atom is -0.391 e. The standard InChI is InChI=1S/C18H30N2O3/c1-13(14-6-8-15(9-7-14)18(2,3)4)20-17(22)19-11-10-16(21)12-23-5/h6-9,13,16,21H,10-12H2,1-5H3,(H2,19,20,22). The van der Waals surface area contributed by atoms with Crippen LogP contribution in [0.3, 0.4) is 0 Å². The van der Waals surface area contributed by atoms with E-state index in [2.05, 4.69) is 43.5 Å². The van der Waals surface area contributed by atoms with Gasteiger partial charge in [-0.15, -0.1) is 0 Å². The van der Waals surface area contributed by atoms with Crippen LogP contribution in [0.4, 0.5) is 4.79 Å². The third kappa shape index (κ3) is 7.01. The molecule has 2 unspecified atom stereocenters. The molecule has 0 heterocycles. The van der Waals surface area contributed by atoms with Crippen LogP contribution in [0.2, 0.25) is 0 Å². The van der Waals surface area contributed by atoms with Crippen LogP contribution in [0.25, 0.3) is 0 Å². The minimum atomic E-state index is -0.553. The van der Waals surface area contributed by atoms with E-state index < -0.39 is 6.10 Å². The summed E-state index contributed by atoms with van der Waals surface area (Å²) in [5.74, 6) is 0. The van der Waals surface area contributed by atoms with Crippen LogP contribution >= 0.6 is 0 Å². The molecule has 5 nitrogen and oxygen atoms in total. The molecule has 1 aromatic rings. The normalized spacial score (nSPS) is 14.2. The Labute approximate surface area is 139 Å². The first-order chi connectivity index (χ1) is 10.7. The Morgan fingerprint density at radius 2 is 1.87 bits per heavy atom. The summed E-state index contributed by atoms with van der Waals surface area (Å²) in [5, 5.41) is 15.2. The van der Waals surface area contributed by atoms with E-state index in [1.807, 2.05) is 19.1 Å². The highest BCUT2D eigenvalue weighted by molar-refractivity contribution is 5.74. The molecule has 0 aliphatic heterocycles. The van der Waals surface area contributed by atoms with E-state index >= 15 is 0 Å². The summed E-state index contributed by atoms with van der Waals surface area (Å²) in [6.45, 7) is 9.16. The molecule has 0 saturated heterocycles. The van der Waals surface area contributed by atoms with E-state index in [0.29, 0.717) is 13.0 Å². The van der Waals surface area contributed by atoms with Crippen molar-refractivity contribution in [2.45, 2.75) is 51.7 Å². The maximum atomic E-state index is 11.9. The maximum absolute atomic E-state index is 11.9. The van der Waals surface area contributed by atoms with Crippen molar-refractivity contribution < 1.29 is 14.6 Å². The second kappa shape index (κ2) is 8.89. The fourth-order valence-electron chi connectivity index (χ4n) is 2.23. The summed E-state index contributed by atoms with van der Waals surface area (Å²) in [5.41, 5.74) is 2.45. The minimum absolute atomic E-state index is 0.0760. The number of carbonyl (C=O) groups excluding carboxylic acids is 1. The van der Waals surface area contributed by atoms with Gasteiger partial charge in [-0.25, -0.2) is 4.79 Å². The molecular formula is C18H30N2O3. The lowest BCUT2D eigenvalue weighted by atomic mass is 9.86. The zero-order valence-electron chi connectivity index (χ0n) is 14.8. The van der Waals surface area contributed by atoms with Crippen molar-refractivity contribution in [1.82, 2.24) is 10.6 Å². The number of hydrogen-bond donors (Lipinski definition) is 3. The Morgan fingerprint density at radius 3 is 2.39 bits per heavy atom. The quantitative estimate of drug-likeness (QED) is 0.723. The fraction of sp³-hybridized carbons (Fsp3) is 0.611. The van der Waals surface area contributed by atoms with Crippen LogP contribution in [0, 0.1) is 0 Å². The van der Waals surface area contributed by atoms with Gasteiger partial charge in [0, 0.05) is 13.7 Å². The molecule has 5 heteroatoms. The average molecular weight is 322 g/mol. The van der Waals surface area contributed by atoms with Crippen LogP contribution < -0.4 is 10.6 Å². The number of hydrogen-bond acceptors (Lipinski definition) is 3. The predicted molar refractivity (Wildman–Crippen MR) is 92.6 cm³/mol. The third-order valence-electron chi connectivity index (χ3n) is 3.75. The van der Waals surface area contributed by atoms with Crippen LogP contribution in [0.1, 0.15) is 51.3 Å². The van der Waals surface area contributed by atoms with E-state index in [-0.39, 0.29) is 24.1 Å². The third-order valence-corrected chi connectivity index (χ3v) is 3.75. The second-order valence-electron chi connectivity index (χ2n) is 6.89. The first-order valence-corrected chi connectivity index (χ1v) is 8.06. The average Bonchev–Trinajstić information content (AvgIpc) is 2.46. The van der Waals surface area contributed by atoms with Crippen LogP contribution in [0.15, 0.2) is 24.3 Å². The Hall–Kier alpha value is -1.59. The Morgan fingerprint density at radius 1 is 1.26 bits per heavy atom. The Kier molecular flexibility index (Phi) is 7.52. The van der Waals surface area contributed by atoms with Crippen molar-refractivity contribution in [3.8, 4) is 0 Å². The highest BCUT2D eigenvalue weighted by atomic mass is 16.5. The molecule has 0 saturated carbocycles.